The molecule has 108 valence electrons. The average molecular weight is 274 g/mol. The first-order valence-corrected chi connectivity index (χ1v) is 7.07. The molecule has 1 aromatic carbocycles. The highest BCUT2D eigenvalue weighted by Gasteiger charge is 2.15. The van der Waals surface area contributed by atoms with Gasteiger partial charge in [0.05, 0.1) is 13.2 Å². The van der Waals surface area contributed by atoms with Crippen molar-refractivity contribution in [3.63, 3.8) is 0 Å². The maximum absolute atomic E-state index is 11.9. The number of hydrogen-bond acceptors (Lipinski definition) is 3. The highest BCUT2D eigenvalue weighted by molar-refractivity contribution is 5.76. The molecule has 4 nitrogen and oxygen atoms in total. The summed E-state index contributed by atoms with van der Waals surface area (Å²) < 4.78 is 5.23. The predicted molar refractivity (Wildman–Crippen MR) is 80.4 cm³/mol. The highest BCUT2D eigenvalue weighted by Crippen LogP contribution is 2.09. The number of nitrogens with one attached hydrogen (secondary N) is 1. The molecule has 1 amide bonds. The van der Waals surface area contributed by atoms with Gasteiger partial charge in [0.1, 0.15) is 0 Å². The van der Waals surface area contributed by atoms with Crippen LogP contribution in [0.2, 0.25) is 0 Å². The topological polar surface area (TPSA) is 41.6 Å². The summed E-state index contributed by atoms with van der Waals surface area (Å²) >= 11 is 0. The number of nitrogens with zero attached hydrogens (tertiary/aromatic N) is 1. The zero-order chi connectivity index (χ0) is 14.2. The molecule has 4 heteroatoms. The van der Waals surface area contributed by atoms with Crippen LogP contribution in [0.15, 0.2) is 36.9 Å². The number of ether oxygens (including phenoxy) is 1. The Bertz CT molecular complexity index is 439. The van der Waals surface area contributed by atoms with Gasteiger partial charge in [-0.25, -0.2) is 0 Å². The van der Waals surface area contributed by atoms with E-state index in [9.17, 15) is 4.79 Å². The second-order valence-electron chi connectivity index (χ2n) is 4.89. The molecule has 1 fully saturated rings. The van der Waals surface area contributed by atoms with Crippen molar-refractivity contribution < 1.29 is 9.53 Å². The van der Waals surface area contributed by atoms with Gasteiger partial charge < -0.3 is 15.0 Å². The largest absolute Gasteiger partial charge is 0.378 e. The number of carbonyl (C=O) groups is 1. The Labute approximate surface area is 120 Å². The van der Waals surface area contributed by atoms with E-state index in [1.165, 1.54) is 0 Å². The Balaban J connectivity index is 1.64. The molecule has 1 aliphatic rings. The van der Waals surface area contributed by atoms with Crippen LogP contribution in [0.3, 0.4) is 0 Å². The van der Waals surface area contributed by atoms with Crippen LogP contribution in [0.1, 0.15) is 12.0 Å². The molecule has 1 N–H and O–H groups in total. The van der Waals surface area contributed by atoms with Gasteiger partial charge >= 0.3 is 0 Å². The van der Waals surface area contributed by atoms with Crippen molar-refractivity contribution in [3.8, 4) is 0 Å². The standard InChI is InChI=1S/C16H22N2O2/c1-14(15-5-3-2-4-6-15)13-17-8-7-16(19)18-9-11-20-12-10-18/h2-6,17H,1,7-13H2. The second kappa shape index (κ2) is 7.82. The van der Waals surface area contributed by atoms with Crippen molar-refractivity contribution in [1.82, 2.24) is 10.2 Å². The van der Waals surface area contributed by atoms with Gasteiger partial charge in [0.15, 0.2) is 0 Å². The van der Waals surface area contributed by atoms with Crippen LogP contribution in [0, 0.1) is 0 Å². The van der Waals surface area contributed by atoms with Gasteiger partial charge in [-0.15, -0.1) is 0 Å². The molecular weight excluding hydrogens is 252 g/mol. The van der Waals surface area contributed by atoms with Gasteiger partial charge in [0.25, 0.3) is 0 Å². The number of hydrogen-bond donors (Lipinski definition) is 1. The molecule has 0 aromatic heterocycles. The molecule has 0 bridgehead atoms. The van der Waals surface area contributed by atoms with Gasteiger partial charge in [0, 0.05) is 32.6 Å². The Morgan fingerprint density at radius 3 is 2.65 bits per heavy atom. The van der Waals surface area contributed by atoms with Crippen LogP contribution in [0.4, 0.5) is 0 Å². The van der Waals surface area contributed by atoms with Crippen molar-refractivity contribution >= 4 is 11.5 Å². The summed E-state index contributed by atoms with van der Waals surface area (Å²) in [5.74, 6) is 0.200. The fourth-order valence-electron chi connectivity index (χ4n) is 2.18. The predicted octanol–water partition coefficient (Wildman–Crippen LogP) is 1.54. The van der Waals surface area contributed by atoms with Crippen LogP contribution in [-0.4, -0.2) is 50.2 Å². The third-order valence-electron chi connectivity index (χ3n) is 3.40. The van der Waals surface area contributed by atoms with Gasteiger partial charge in [-0.3, -0.25) is 4.79 Å². The van der Waals surface area contributed by atoms with Gasteiger partial charge in [-0.05, 0) is 11.1 Å². The van der Waals surface area contributed by atoms with Crippen molar-refractivity contribution in [3.05, 3.63) is 42.5 Å². The number of morpholine rings is 1. The lowest BCUT2D eigenvalue weighted by molar-refractivity contribution is -0.135. The molecule has 2 rings (SSSR count). The van der Waals surface area contributed by atoms with Crippen molar-refractivity contribution in [2.45, 2.75) is 6.42 Å². The quantitative estimate of drug-likeness (QED) is 0.800. The van der Waals surface area contributed by atoms with Crippen molar-refractivity contribution in [1.29, 1.82) is 0 Å². The first kappa shape index (κ1) is 14.8. The Morgan fingerprint density at radius 1 is 1.25 bits per heavy atom. The summed E-state index contributed by atoms with van der Waals surface area (Å²) in [5, 5.41) is 3.28. The molecule has 1 saturated heterocycles. The van der Waals surface area contributed by atoms with Crippen LogP contribution in [0.5, 0.6) is 0 Å². The van der Waals surface area contributed by atoms with Crippen LogP contribution in [-0.2, 0) is 9.53 Å². The lowest BCUT2D eigenvalue weighted by atomic mass is 10.1. The van der Waals surface area contributed by atoms with Crippen LogP contribution >= 0.6 is 0 Å². The van der Waals surface area contributed by atoms with Crippen molar-refractivity contribution in [2.75, 3.05) is 39.4 Å². The number of rotatable bonds is 6. The van der Waals surface area contributed by atoms with E-state index in [2.05, 4.69) is 11.9 Å². The molecule has 1 aromatic rings. The maximum Gasteiger partial charge on any atom is 0.224 e. The minimum atomic E-state index is 0.200. The molecule has 0 radical (unpaired) electrons. The third-order valence-corrected chi connectivity index (χ3v) is 3.40. The molecule has 1 aliphatic heterocycles. The molecule has 1 heterocycles. The monoisotopic (exact) mass is 274 g/mol. The minimum Gasteiger partial charge on any atom is -0.378 e. The second-order valence-corrected chi connectivity index (χ2v) is 4.89. The SMILES string of the molecule is C=C(CNCCC(=O)N1CCOCC1)c1ccccc1. The van der Waals surface area contributed by atoms with Gasteiger partial charge in [-0.2, -0.15) is 0 Å². The molecule has 0 unspecified atom stereocenters. The lowest BCUT2D eigenvalue weighted by Crippen LogP contribution is -2.41. The first-order valence-electron chi connectivity index (χ1n) is 7.07. The zero-order valence-corrected chi connectivity index (χ0v) is 11.8. The summed E-state index contributed by atoms with van der Waals surface area (Å²) in [6.07, 6.45) is 0.530. The zero-order valence-electron chi connectivity index (χ0n) is 11.8. The Kier molecular flexibility index (Phi) is 5.77. The molecule has 0 aliphatic carbocycles. The Morgan fingerprint density at radius 2 is 1.95 bits per heavy atom. The molecule has 0 saturated carbocycles. The number of carbonyl (C=O) groups excluding carboxylic acids is 1. The summed E-state index contributed by atoms with van der Waals surface area (Å²) in [5.41, 5.74) is 2.18. The summed E-state index contributed by atoms with van der Waals surface area (Å²) in [6, 6.07) is 10.1. The summed E-state index contributed by atoms with van der Waals surface area (Å²) in [6.45, 7) is 8.20. The third kappa shape index (κ3) is 4.47. The average Bonchev–Trinajstić information content (AvgIpc) is 2.53. The summed E-state index contributed by atoms with van der Waals surface area (Å²) in [7, 11) is 0. The van der Waals surface area contributed by atoms with Crippen LogP contribution in [0.25, 0.3) is 5.57 Å². The van der Waals surface area contributed by atoms with E-state index in [0.29, 0.717) is 32.7 Å². The van der Waals surface area contributed by atoms with Crippen LogP contribution < -0.4 is 5.32 Å². The lowest BCUT2D eigenvalue weighted by Gasteiger charge is -2.26. The van der Waals surface area contributed by atoms with E-state index >= 15 is 0 Å². The highest BCUT2D eigenvalue weighted by atomic mass is 16.5. The maximum atomic E-state index is 11.9. The van der Waals surface area contributed by atoms with Gasteiger partial charge in [0.2, 0.25) is 5.91 Å². The fraction of sp³-hybridized carbons (Fsp3) is 0.438. The number of benzene rings is 1. The number of amides is 1. The fourth-order valence-corrected chi connectivity index (χ4v) is 2.18. The van der Waals surface area contributed by atoms with E-state index in [-0.39, 0.29) is 5.91 Å². The van der Waals surface area contributed by atoms with E-state index < -0.39 is 0 Å². The van der Waals surface area contributed by atoms with E-state index in [1.807, 2.05) is 35.2 Å². The molecule has 20 heavy (non-hydrogen) atoms. The van der Waals surface area contributed by atoms with E-state index in [1.54, 1.807) is 0 Å². The van der Waals surface area contributed by atoms with E-state index in [0.717, 1.165) is 24.2 Å². The molecule has 0 spiro atoms. The first-order chi connectivity index (χ1) is 9.77. The molecular formula is C16H22N2O2. The van der Waals surface area contributed by atoms with Gasteiger partial charge in [-0.1, -0.05) is 36.9 Å². The smallest absolute Gasteiger partial charge is 0.224 e. The van der Waals surface area contributed by atoms with Crippen molar-refractivity contribution in [2.24, 2.45) is 0 Å². The summed E-state index contributed by atoms with van der Waals surface area (Å²) in [4.78, 5) is 13.8. The van der Waals surface area contributed by atoms with E-state index in [4.69, 9.17) is 4.74 Å². The minimum absolute atomic E-state index is 0.200. The molecule has 0 atom stereocenters. The Hall–Kier alpha value is -1.65. The normalized spacial score (nSPS) is 15.1.